The van der Waals surface area contributed by atoms with Gasteiger partial charge in [-0.1, -0.05) is 0 Å². The molecule has 0 bridgehead atoms. The van der Waals surface area contributed by atoms with Gasteiger partial charge in [-0.25, -0.2) is 0 Å². The smallest absolute Gasteiger partial charge is 0.413 e. The maximum absolute atomic E-state index is 5.74. The van der Waals surface area contributed by atoms with Crippen LogP contribution >= 0.6 is 0 Å². The SMILES string of the molecule is CO[Si]O[Si]O[Si]O[Si]O[Si]O[Si]O[Si]O[Si](CCCNCCN)O[Si]O[Si]O[Si]O[Si]O[Si]O[Si]OC. The van der Waals surface area contributed by atoms with Crippen molar-refractivity contribution in [3.05, 3.63) is 0 Å². The van der Waals surface area contributed by atoms with Crippen LogP contribution in [0.4, 0.5) is 0 Å². The van der Waals surface area contributed by atoms with Crippen molar-refractivity contribution in [2.75, 3.05) is 33.9 Å². The molecule has 0 aromatic carbocycles. The third-order valence-electron chi connectivity index (χ3n) is 2.45. The van der Waals surface area contributed by atoms with Crippen molar-refractivity contribution in [3.63, 3.8) is 0 Å². The summed E-state index contributed by atoms with van der Waals surface area (Å²) in [5.74, 6) is 0. The van der Waals surface area contributed by atoms with Gasteiger partial charge in [-0.2, -0.15) is 0 Å². The molecule has 38 heavy (non-hydrogen) atoms. The summed E-state index contributed by atoms with van der Waals surface area (Å²) in [5.41, 5.74) is 5.48. The number of nitrogens with two attached hydrogens (primary N) is 1. The molecule has 0 atom stereocenters. The van der Waals surface area contributed by atoms with Crippen molar-refractivity contribution in [3.8, 4) is 0 Å². The van der Waals surface area contributed by atoms with E-state index in [1.54, 1.807) is 14.2 Å². The first-order valence-electron chi connectivity index (χ1n) is 9.50. The average Bonchev–Trinajstić information content (AvgIpc) is 2.93. The van der Waals surface area contributed by atoms with Crippen LogP contribution in [-0.2, 0) is 62.3 Å². The zero-order chi connectivity index (χ0) is 27.6. The van der Waals surface area contributed by atoms with Gasteiger partial charge >= 0.3 is 139 Å². The van der Waals surface area contributed by atoms with Gasteiger partial charge < -0.3 is 73.4 Å². The monoisotopic (exact) mass is 763 g/mol. The van der Waals surface area contributed by atoms with Crippen LogP contribution in [0.2, 0.25) is 6.04 Å². The van der Waals surface area contributed by atoms with E-state index < -0.39 is 9.28 Å². The summed E-state index contributed by atoms with van der Waals surface area (Å²) in [6, 6.07) is 0.738. The maximum atomic E-state index is 5.74. The Kier molecular flexibility index (Phi) is 39.7. The number of hydrogen-bond acceptors (Lipinski definition) is 17. The molecular formula is C7H19N2O15Si14. The van der Waals surface area contributed by atoms with E-state index in [1.165, 1.54) is 0 Å². The van der Waals surface area contributed by atoms with Crippen LogP contribution in [0.1, 0.15) is 6.42 Å². The lowest BCUT2D eigenvalue weighted by atomic mass is 10.5. The minimum absolute atomic E-state index is 0.0474. The predicted molar refractivity (Wildman–Crippen MR) is 140 cm³/mol. The molecule has 0 amide bonds. The fourth-order valence-electron chi connectivity index (χ4n) is 1.30. The maximum Gasteiger partial charge on any atom is 0.422 e. The second kappa shape index (κ2) is 37.4. The van der Waals surface area contributed by atoms with Crippen LogP contribution in [-0.4, -0.2) is 173 Å². The highest BCUT2D eigenvalue weighted by molar-refractivity contribution is 6.58. The minimum Gasteiger partial charge on any atom is -0.413 e. The van der Waals surface area contributed by atoms with E-state index in [4.69, 9.17) is 68.1 Å². The summed E-state index contributed by atoms with van der Waals surface area (Å²) in [6.07, 6.45) is 0.867. The normalized spacial score (nSPS) is 11.7. The van der Waals surface area contributed by atoms with E-state index in [-0.39, 0.29) is 130 Å². The van der Waals surface area contributed by atoms with Gasteiger partial charge in [-0.3, -0.25) is 0 Å². The largest absolute Gasteiger partial charge is 0.422 e. The molecule has 27 radical (unpaired) electrons. The predicted octanol–water partition coefficient (Wildman–Crippen LogP) is -6.13. The molecule has 3 N–H and O–H groups in total. The van der Waals surface area contributed by atoms with Gasteiger partial charge in [0, 0.05) is 27.3 Å². The first-order chi connectivity index (χ1) is 18.8. The lowest BCUT2D eigenvalue weighted by Crippen LogP contribution is -2.31. The number of rotatable bonds is 34. The van der Waals surface area contributed by atoms with E-state index in [2.05, 4.69) is 5.32 Å². The molecule has 0 heterocycles. The average molecular weight is 764 g/mol. The Bertz CT molecular complexity index is 451. The van der Waals surface area contributed by atoms with E-state index in [9.17, 15) is 0 Å². The van der Waals surface area contributed by atoms with Crippen molar-refractivity contribution in [2.45, 2.75) is 12.5 Å². The van der Waals surface area contributed by atoms with Crippen LogP contribution in [0.25, 0.3) is 0 Å². The van der Waals surface area contributed by atoms with Crippen LogP contribution in [0.15, 0.2) is 0 Å². The molecule has 0 aromatic rings. The summed E-state index contributed by atoms with van der Waals surface area (Å²) in [7, 11) is -0.834. The summed E-state index contributed by atoms with van der Waals surface area (Å²) in [4.78, 5) is 0. The molecule has 0 unspecified atom stereocenters. The fraction of sp³-hybridized carbons (Fsp3) is 1.00. The van der Waals surface area contributed by atoms with Crippen molar-refractivity contribution < 1.29 is 62.3 Å². The molecular weight excluding hydrogens is 745 g/mol. The van der Waals surface area contributed by atoms with Crippen LogP contribution in [0.3, 0.4) is 0 Å². The summed E-state index contributed by atoms with van der Waals surface area (Å²) >= 11 is 0. The molecule has 0 aliphatic heterocycles. The third kappa shape index (κ3) is 34.6. The summed E-state index contributed by atoms with van der Waals surface area (Å²) < 4.78 is 77.8. The van der Waals surface area contributed by atoms with Crippen molar-refractivity contribution in [2.24, 2.45) is 5.73 Å². The Hall–Kier alpha value is 2.36. The molecule has 0 aromatic heterocycles. The highest BCUT2D eigenvalue weighted by Crippen LogP contribution is 2.00. The molecule has 0 spiro atoms. The Morgan fingerprint density at radius 2 is 0.842 bits per heavy atom. The standard InChI is InChI=1S/C7H19N2O15Si14/c1-10-25-12-27-14-29-16-31-18-33-20-35-22-37-24-38(7-3-5-9-6-4-8)23-36-21-34-19-32-17-30-15-28-13-26-11-2/h9H,3-8H2,1-2H3. The van der Waals surface area contributed by atoms with Crippen LogP contribution < -0.4 is 11.1 Å². The van der Waals surface area contributed by atoms with Crippen molar-refractivity contribution in [1.82, 2.24) is 5.32 Å². The third-order valence-corrected chi connectivity index (χ3v) is 13.4. The Balaban J connectivity index is 3.70. The molecule has 0 aliphatic rings. The Labute approximate surface area is 257 Å². The highest BCUT2D eigenvalue weighted by Gasteiger charge is 2.18. The second-order valence-corrected chi connectivity index (χ2v) is 19.7. The van der Waals surface area contributed by atoms with Gasteiger partial charge in [0.25, 0.3) is 0 Å². The fourth-order valence-corrected chi connectivity index (χ4v) is 12.0. The Morgan fingerprint density at radius 1 is 0.500 bits per heavy atom. The first-order valence-corrected chi connectivity index (χ1v) is 21.6. The molecule has 203 valence electrons. The van der Waals surface area contributed by atoms with Crippen molar-refractivity contribution in [1.29, 1.82) is 0 Å². The summed E-state index contributed by atoms with van der Waals surface area (Å²) in [6.45, 7) is 2.16. The number of hydrogen-bond donors (Lipinski definition) is 2. The molecule has 31 heteroatoms. The van der Waals surface area contributed by atoms with E-state index in [1.807, 2.05) is 0 Å². The first kappa shape index (κ1) is 40.4. The van der Waals surface area contributed by atoms with Gasteiger partial charge in [0.15, 0.2) is 0 Å². The molecule has 0 fully saturated rings. The van der Waals surface area contributed by atoms with Gasteiger partial charge in [0.2, 0.25) is 0 Å². The lowest BCUT2D eigenvalue weighted by Gasteiger charge is -2.14. The lowest BCUT2D eigenvalue weighted by molar-refractivity contribution is 0.338. The Morgan fingerprint density at radius 3 is 1.18 bits per heavy atom. The van der Waals surface area contributed by atoms with Gasteiger partial charge in [-0.15, -0.1) is 0 Å². The molecule has 0 saturated heterocycles. The molecule has 17 nitrogen and oxygen atoms in total. The number of nitrogens with one attached hydrogen (secondary N) is 1. The van der Waals surface area contributed by atoms with E-state index in [0.29, 0.717) is 6.54 Å². The van der Waals surface area contributed by atoms with Gasteiger partial charge in [0.05, 0.1) is 0 Å². The minimum atomic E-state index is -1.61. The summed E-state index contributed by atoms with van der Waals surface area (Å²) in [5, 5.41) is 3.23. The van der Waals surface area contributed by atoms with Crippen LogP contribution in [0.5, 0.6) is 0 Å². The molecule has 0 rings (SSSR count). The van der Waals surface area contributed by atoms with E-state index >= 15 is 0 Å². The van der Waals surface area contributed by atoms with E-state index in [0.717, 1.165) is 25.6 Å². The van der Waals surface area contributed by atoms with Crippen LogP contribution in [0, 0.1) is 0 Å². The molecule has 0 saturated carbocycles. The van der Waals surface area contributed by atoms with Crippen molar-refractivity contribution >= 4 is 139 Å². The zero-order valence-electron chi connectivity index (χ0n) is 19.7. The zero-order valence-corrected chi connectivity index (χ0v) is 33.7. The van der Waals surface area contributed by atoms with Gasteiger partial charge in [-0.05, 0) is 19.0 Å². The topological polar surface area (TPSA) is 176 Å². The van der Waals surface area contributed by atoms with Gasteiger partial charge in [0.1, 0.15) is 0 Å². The molecule has 0 aliphatic carbocycles. The quantitative estimate of drug-likeness (QED) is 0.0467. The second-order valence-electron chi connectivity index (χ2n) is 4.83. The highest BCUT2D eigenvalue weighted by atomic mass is 28.4.